The van der Waals surface area contributed by atoms with Gasteiger partial charge in [0.15, 0.2) is 0 Å². The second kappa shape index (κ2) is 10.7. The van der Waals surface area contributed by atoms with Crippen molar-refractivity contribution in [3.05, 3.63) is 150 Å². The van der Waals surface area contributed by atoms with E-state index in [0.29, 0.717) is 0 Å². The molecule has 0 radical (unpaired) electrons. The largest absolute Gasteiger partial charge is 0.143 e. The lowest BCUT2D eigenvalue weighted by Gasteiger charge is -2.34. The van der Waals surface area contributed by atoms with Crippen LogP contribution in [0.1, 0.15) is 23.6 Å². The smallest absolute Gasteiger partial charge is 0.0434 e. The zero-order chi connectivity index (χ0) is 27.0. The molecule has 0 aromatic heterocycles. The number of rotatable bonds is 5. The van der Waals surface area contributed by atoms with Crippen LogP contribution in [-0.4, -0.2) is 0 Å². The van der Waals surface area contributed by atoms with Crippen LogP contribution in [0.15, 0.2) is 148 Å². The van der Waals surface area contributed by atoms with E-state index in [-0.39, 0.29) is 0 Å². The van der Waals surface area contributed by atoms with Crippen LogP contribution in [0.5, 0.6) is 0 Å². The van der Waals surface area contributed by atoms with Crippen molar-refractivity contribution in [2.24, 2.45) is 0 Å². The molecule has 6 rings (SSSR count). The molecular formula is C36H28S3. The fraction of sp³-hybridized carbons (Fsp3) is 0.0556. The molecule has 0 saturated carbocycles. The molecule has 3 heteroatoms. The summed E-state index contributed by atoms with van der Waals surface area (Å²) in [5.74, 6) is 0. The number of benzene rings is 6. The third-order valence-electron chi connectivity index (χ3n) is 7.76. The van der Waals surface area contributed by atoms with E-state index in [4.69, 9.17) is 37.9 Å². The summed E-state index contributed by atoms with van der Waals surface area (Å²) in [6.07, 6.45) is 0. The number of hydrogen-bond acceptors (Lipinski definition) is 3. The first kappa shape index (κ1) is 25.9. The lowest BCUT2D eigenvalue weighted by Crippen LogP contribution is -2.26. The monoisotopic (exact) mass is 556 g/mol. The second-order valence-corrected chi connectivity index (χ2v) is 11.4. The van der Waals surface area contributed by atoms with Crippen LogP contribution >= 0.6 is 37.9 Å². The Labute approximate surface area is 247 Å². The quantitative estimate of drug-likeness (QED) is 0.137. The molecule has 0 aliphatic carbocycles. The fourth-order valence-corrected chi connectivity index (χ4v) is 6.57. The van der Waals surface area contributed by atoms with Gasteiger partial charge in [-0.2, -0.15) is 0 Å². The summed E-state index contributed by atoms with van der Waals surface area (Å²) >= 11 is 14.9. The lowest BCUT2D eigenvalue weighted by molar-refractivity contribution is 0.679. The zero-order valence-corrected chi connectivity index (χ0v) is 24.2. The Morgan fingerprint density at radius 1 is 0.487 bits per heavy atom. The summed E-state index contributed by atoms with van der Waals surface area (Å²) in [5.41, 5.74) is 7.51. The van der Waals surface area contributed by atoms with Crippen LogP contribution in [0.3, 0.4) is 0 Å². The maximum atomic E-state index is 5.16. The van der Waals surface area contributed by atoms with Crippen molar-refractivity contribution in [1.82, 2.24) is 0 Å². The first-order chi connectivity index (χ1) is 19.0. The summed E-state index contributed by atoms with van der Waals surface area (Å²) in [6, 6.07) is 47.0. The molecule has 0 fully saturated rings. The van der Waals surface area contributed by atoms with Crippen LogP contribution in [0, 0.1) is 0 Å². The van der Waals surface area contributed by atoms with Crippen LogP contribution < -0.4 is 0 Å². The molecule has 0 heterocycles. The molecule has 0 bridgehead atoms. The third kappa shape index (κ3) is 4.69. The van der Waals surface area contributed by atoms with E-state index in [9.17, 15) is 0 Å². The minimum atomic E-state index is -0.503. The number of hydrogen-bond donors (Lipinski definition) is 3. The van der Waals surface area contributed by atoms with Gasteiger partial charge in [-0.1, -0.05) is 109 Å². The average molecular weight is 557 g/mol. The van der Waals surface area contributed by atoms with Crippen LogP contribution in [0.4, 0.5) is 0 Å². The van der Waals surface area contributed by atoms with Crippen LogP contribution in [0.25, 0.3) is 33.0 Å². The van der Waals surface area contributed by atoms with Crippen LogP contribution in [-0.2, 0) is 5.41 Å². The van der Waals surface area contributed by atoms with E-state index in [2.05, 4.69) is 128 Å². The van der Waals surface area contributed by atoms with Gasteiger partial charge >= 0.3 is 0 Å². The molecule has 39 heavy (non-hydrogen) atoms. The van der Waals surface area contributed by atoms with Crippen molar-refractivity contribution in [3.63, 3.8) is 0 Å². The van der Waals surface area contributed by atoms with E-state index in [1.165, 1.54) is 16.5 Å². The van der Waals surface area contributed by atoms with Gasteiger partial charge in [0, 0.05) is 20.1 Å². The first-order valence-corrected chi connectivity index (χ1v) is 14.3. The molecule has 0 saturated heterocycles. The van der Waals surface area contributed by atoms with Gasteiger partial charge in [-0.3, -0.25) is 0 Å². The Morgan fingerprint density at radius 3 is 1.51 bits per heavy atom. The number of thiol groups is 3. The highest BCUT2D eigenvalue weighted by Crippen LogP contribution is 2.46. The summed E-state index contributed by atoms with van der Waals surface area (Å²) in [4.78, 5) is 2.89. The molecule has 0 aliphatic heterocycles. The SMILES string of the molecule is CC(c1ccc(S)c(-c2ccccc2)c1)(c1ccc(S)c(-c2ccccc2)c1)c1ccc2ccccc2c1S. The average Bonchev–Trinajstić information content (AvgIpc) is 2.98. The summed E-state index contributed by atoms with van der Waals surface area (Å²) in [7, 11) is 0. The van der Waals surface area contributed by atoms with Gasteiger partial charge in [-0.25, -0.2) is 0 Å². The zero-order valence-electron chi connectivity index (χ0n) is 21.5. The highest BCUT2D eigenvalue weighted by Gasteiger charge is 2.34. The topological polar surface area (TPSA) is 0 Å². The van der Waals surface area contributed by atoms with Crippen molar-refractivity contribution in [1.29, 1.82) is 0 Å². The second-order valence-electron chi connectivity index (χ2n) is 10.0. The molecule has 0 spiro atoms. The Bertz CT molecular complexity index is 1700. The normalized spacial score (nSPS) is 11.6. The Kier molecular flexibility index (Phi) is 7.07. The van der Waals surface area contributed by atoms with Gasteiger partial charge in [0.2, 0.25) is 0 Å². The predicted octanol–water partition coefficient (Wildman–Crippen LogP) is 10.4. The molecule has 190 valence electrons. The van der Waals surface area contributed by atoms with Crippen molar-refractivity contribution >= 4 is 48.7 Å². The van der Waals surface area contributed by atoms with Crippen molar-refractivity contribution < 1.29 is 0 Å². The van der Waals surface area contributed by atoms with E-state index >= 15 is 0 Å². The third-order valence-corrected chi connectivity index (χ3v) is 9.02. The highest BCUT2D eigenvalue weighted by molar-refractivity contribution is 7.80. The molecule has 0 atom stereocenters. The molecular weight excluding hydrogens is 529 g/mol. The molecule has 6 aromatic carbocycles. The van der Waals surface area contributed by atoms with E-state index in [0.717, 1.165) is 47.9 Å². The summed E-state index contributed by atoms with van der Waals surface area (Å²) in [6.45, 7) is 2.31. The van der Waals surface area contributed by atoms with Gasteiger partial charge in [-0.15, -0.1) is 37.9 Å². The van der Waals surface area contributed by atoms with Gasteiger partial charge in [0.25, 0.3) is 0 Å². The van der Waals surface area contributed by atoms with Crippen molar-refractivity contribution in [3.8, 4) is 22.3 Å². The standard InChI is InChI=1S/C36H28S3/c1-36(32-19-16-26-14-8-9-15-29(26)35(32)39,27-17-20-33(37)30(22-27)24-10-4-2-5-11-24)28-18-21-34(38)31(23-28)25-12-6-3-7-13-25/h2-23,37-39H,1H3. The van der Waals surface area contributed by atoms with E-state index in [1.54, 1.807) is 0 Å². The first-order valence-electron chi connectivity index (χ1n) is 13.0. The van der Waals surface area contributed by atoms with E-state index in [1.807, 2.05) is 12.1 Å². The van der Waals surface area contributed by atoms with Crippen molar-refractivity contribution in [2.75, 3.05) is 0 Å². The lowest BCUT2D eigenvalue weighted by atomic mass is 9.69. The molecule has 0 unspecified atom stereocenters. The van der Waals surface area contributed by atoms with Gasteiger partial charge in [-0.05, 0) is 80.9 Å². The Hall–Kier alpha value is -3.37. The fourth-order valence-electron chi connectivity index (χ4n) is 5.53. The maximum Gasteiger partial charge on any atom is 0.0434 e. The predicted molar refractivity (Wildman–Crippen MR) is 175 cm³/mol. The molecule has 0 aliphatic rings. The van der Waals surface area contributed by atoms with Crippen LogP contribution in [0.2, 0.25) is 0 Å². The Balaban J connectivity index is 1.65. The molecule has 0 amide bonds. The summed E-state index contributed by atoms with van der Waals surface area (Å²) in [5, 5.41) is 2.33. The van der Waals surface area contributed by atoms with Crippen molar-refractivity contribution in [2.45, 2.75) is 27.0 Å². The minimum Gasteiger partial charge on any atom is -0.143 e. The number of fused-ring (bicyclic) bond motifs is 1. The highest BCUT2D eigenvalue weighted by atomic mass is 32.1. The van der Waals surface area contributed by atoms with Gasteiger partial charge in [0.05, 0.1) is 0 Å². The molecule has 6 aromatic rings. The summed E-state index contributed by atoms with van der Waals surface area (Å²) < 4.78 is 0. The van der Waals surface area contributed by atoms with Gasteiger partial charge < -0.3 is 0 Å². The Morgan fingerprint density at radius 2 is 0.974 bits per heavy atom. The molecule has 0 nitrogen and oxygen atoms in total. The van der Waals surface area contributed by atoms with E-state index < -0.39 is 5.41 Å². The molecule has 0 N–H and O–H groups in total. The maximum absolute atomic E-state index is 5.16. The van der Waals surface area contributed by atoms with Gasteiger partial charge in [0.1, 0.15) is 0 Å². The minimum absolute atomic E-state index is 0.503.